The van der Waals surface area contributed by atoms with E-state index in [1.54, 1.807) is 6.20 Å². The van der Waals surface area contributed by atoms with Crippen LogP contribution in [0.1, 0.15) is 30.1 Å². The van der Waals surface area contributed by atoms with Crippen LogP contribution < -0.4 is 5.32 Å². The molecular formula is C15H15N5. The summed E-state index contributed by atoms with van der Waals surface area (Å²) in [6.07, 6.45) is 4.24. The van der Waals surface area contributed by atoms with Crippen molar-refractivity contribution in [3.05, 3.63) is 41.9 Å². The molecule has 2 N–H and O–H groups in total. The van der Waals surface area contributed by atoms with Crippen molar-refractivity contribution in [3.8, 4) is 0 Å². The van der Waals surface area contributed by atoms with Gasteiger partial charge in [0.05, 0.1) is 11.7 Å². The quantitative estimate of drug-likeness (QED) is 0.762. The topological polar surface area (TPSA) is 66.5 Å². The highest BCUT2D eigenvalue weighted by molar-refractivity contribution is 5.94. The van der Waals surface area contributed by atoms with Gasteiger partial charge in [-0.2, -0.15) is 5.10 Å². The Morgan fingerprint density at radius 2 is 2.10 bits per heavy atom. The van der Waals surface area contributed by atoms with Gasteiger partial charge in [0.1, 0.15) is 17.5 Å². The number of rotatable bonds is 3. The second-order valence-electron chi connectivity index (χ2n) is 5.23. The number of H-pyrrole nitrogens is 1. The first-order valence-corrected chi connectivity index (χ1v) is 6.85. The molecule has 1 saturated carbocycles. The Morgan fingerprint density at radius 3 is 2.85 bits per heavy atom. The fourth-order valence-electron chi connectivity index (χ4n) is 2.60. The normalized spacial score (nSPS) is 14.7. The number of fused-ring (bicyclic) bond motifs is 1. The molecule has 5 nitrogen and oxygen atoms in total. The van der Waals surface area contributed by atoms with Gasteiger partial charge in [0.2, 0.25) is 0 Å². The van der Waals surface area contributed by atoms with E-state index in [1.165, 1.54) is 18.4 Å². The molecule has 3 aromatic rings. The summed E-state index contributed by atoms with van der Waals surface area (Å²) in [5.74, 6) is 3.13. The Labute approximate surface area is 116 Å². The zero-order chi connectivity index (χ0) is 13.5. The lowest BCUT2D eigenvalue weighted by atomic mass is 10.0. The van der Waals surface area contributed by atoms with Crippen molar-refractivity contribution < 1.29 is 0 Å². The third-order valence-corrected chi connectivity index (χ3v) is 3.64. The summed E-state index contributed by atoms with van der Waals surface area (Å²) < 4.78 is 0. The predicted octanol–water partition coefficient (Wildman–Crippen LogP) is 3.28. The molecule has 100 valence electrons. The molecule has 0 radical (unpaired) electrons. The van der Waals surface area contributed by atoms with E-state index in [2.05, 4.69) is 37.6 Å². The van der Waals surface area contributed by atoms with E-state index in [9.17, 15) is 0 Å². The van der Waals surface area contributed by atoms with E-state index in [1.807, 2.05) is 19.1 Å². The van der Waals surface area contributed by atoms with Gasteiger partial charge >= 0.3 is 0 Å². The fraction of sp³-hybridized carbons (Fsp3) is 0.267. The maximum Gasteiger partial charge on any atom is 0.143 e. The van der Waals surface area contributed by atoms with Crippen LogP contribution in [-0.2, 0) is 0 Å². The second kappa shape index (κ2) is 4.30. The Kier molecular flexibility index (Phi) is 2.45. The minimum absolute atomic E-state index is 0.660. The van der Waals surface area contributed by atoms with Crippen molar-refractivity contribution >= 4 is 22.5 Å². The summed E-state index contributed by atoms with van der Waals surface area (Å²) in [6.45, 7) is 1.92. The standard InChI is InChI=1S/C15H15N5/c1-9-17-12-4-2-3-11(10-5-6-10)14(12)15(18-9)19-13-7-8-16-20-13/h2-4,7-8,10H,5-6H2,1H3,(H2,16,17,18,19,20). The highest BCUT2D eigenvalue weighted by Crippen LogP contribution is 2.44. The molecule has 1 aliphatic carbocycles. The monoisotopic (exact) mass is 265 g/mol. The maximum absolute atomic E-state index is 4.58. The Balaban J connectivity index is 1.92. The average Bonchev–Trinajstić information content (AvgIpc) is 3.16. The number of nitrogens with zero attached hydrogens (tertiary/aromatic N) is 3. The van der Waals surface area contributed by atoms with Gasteiger partial charge in [0, 0.05) is 11.5 Å². The number of anilines is 2. The van der Waals surface area contributed by atoms with E-state index < -0.39 is 0 Å². The number of hydrogen-bond donors (Lipinski definition) is 2. The van der Waals surface area contributed by atoms with Gasteiger partial charge in [0.15, 0.2) is 0 Å². The Hall–Kier alpha value is -2.43. The van der Waals surface area contributed by atoms with Crippen molar-refractivity contribution in [3.63, 3.8) is 0 Å². The van der Waals surface area contributed by atoms with Crippen LogP contribution in [0.25, 0.3) is 10.9 Å². The molecule has 2 aromatic heterocycles. The van der Waals surface area contributed by atoms with Gasteiger partial charge in [-0.05, 0) is 37.3 Å². The average molecular weight is 265 g/mol. The third-order valence-electron chi connectivity index (χ3n) is 3.64. The third kappa shape index (κ3) is 1.91. The minimum atomic E-state index is 0.660. The summed E-state index contributed by atoms with van der Waals surface area (Å²) >= 11 is 0. The molecule has 0 spiro atoms. The number of aryl methyl sites for hydroxylation is 1. The van der Waals surface area contributed by atoms with Crippen LogP contribution in [0.5, 0.6) is 0 Å². The van der Waals surface area contributed by atoms with Crippen LogP contribution in [0.2, 0.25) is 0 Å². The van der Waals surface area contributed by atoms with Gasteiger partial charge in [0.25, 0.3) is 0 Å². The smallest absolute Gasteiger partial charge is 0.143 e. The molecule has 20 heavy (non-hydrogen) atoms. The number of nitrogens with one attached hydrogen (secondary N) is 2. The van der Waals surface area contributed by atoms with E-state index in [-0.39, 0.29) is 0 Å². The molecule has 0 atom stereocenters. The molecule has 4 rings (SSSR count). The van der Waals surface area contributed by atoms with E-state index in [0.717, 1.165) is 28.4 Å². The molecule has 1 aliphatic rings. The first-order chi connectivity index (χ1) is 9.81. The minimum Gasteiger partial charge on any atom is -0.325 e. The van der Waals surface area contributed by atoms with Crippen molar-refractivity contribution in [1.29, 1.82) is 0 Å². The summed E-state index contributed by atoms with van der Waals surface area (Å²) in [5.41, 5.74) is 2.36. The molecule has 0 saturated heterocycles. The van der Waals surface area contributed by atoms with Crippen LogP contribution >= 0.6 is 0 Å². The molecule has 0 bridgehead atoms. The van der Waals surface area contributed by atoms with Crippen LogP contribution in [0.15, 0.2) is 30.5 Å². The largest absolute Gasteiger partial charge is 0.325 e. The van der Waals surface area contributed by atoms with Crippen LogP contribution in [0, 0.1) is 6.92 Å². The molecular weight excluding hydrogens is 250 g/mol. The van der Waals surface area contributed by atoms with Gasteiger partial charge in [-0.15, -0.1) is 0 Å². The van der Waals surface area contributed by atoms with Crippen molar-refractivity contribution in [1.82, 2.24) is 20.2 Å². The van der Waals surface area contributed by atoms with Gasteiger partial charge < -0.3 is 5.32 Å². The van der Waals surface area contributed by atoms with Gasteiger partial charge in [-0.25, -0.2) is 9.97 Å². The van der Waals surface area contributed by atoms with Gasteiger partial charge in [-0.3, -0.25) is 5.10 Å². The van der Waals surface area contributed by atoms with Gasteiger partial charge in [-0.1, -0.05) is 12.1 Å². The Bertz CT molecular complexity index is 759. The fourth-order valence-corrected chi connectivity index (χ4v) is 2.60. The SMILES string of the molecule is Cc1nc(Nc2ccn[nH]2)c2c(C3CC3)cccc2n1. The number of aromatic amines is 1. The second-order valence-corrected chi connectivity index (χ2v) is 5.23. The molecule has 0 unspecified atom stereocenters. The molecule has 1 aromatic carbocycles. The first kappa shape index (κ1) is 11.4. The zero-order valence-electron chi connectivity index (χ0n) is 11.2. The van der Waals surface area contributed by atoms with Crippen molar-refractivity contribution in [2.75, 3.05) is 5.32 Å². The summed E-state index contributed by atoms with van der Waals surface area (Å²) in [4.78, 5) is 9.14. The Morgan fingerprint density at radius 1 is 1.20 bits per heavy atom. The summed E-state index contributed by atoms with van der Waals surface area (Å²) in [7, 11) is 0. The first-order valence-electron chi connectivity index (χ1n) is 6.85. The van der Waals surface area contributed by atoms with Crippen LogP contribution in [0.4, 0.5) is 11.6 Å². The lowest BCUT2D eigenvalue weighted by Crippen LogP contribution is -2.01. The summed E-state index contributed by atoms with van der Waals surface area (Å²) in [5, 5.41) is 11.3. The predicted molar refractivity (Wildman–Crippen MR) is 78.1 cm³/mol. The molecule has 5 heteroatoms. The number of benzene rings is 1. The summed E-state index contributed by atoms with van der Waals surface area (Å²) in [6, 6.07) is 8.22. The van der Waals surface area contributed by atoms with E-state index in [4.69, 9.17) is 0 Å². The zero-order valence-corrected chi connectivity index (χ0v) is 11.2. The highest BCUT2D eigenvalue weighted by Gasteiger charge is 2.27. The number of hydrogen-bond acceptors (Lipinski definition) is 4. The molecule has 0 amide bonds. The highest BCUT2D eigenvalue weighted by atomic mass is 15.2. The molecule has 0 aliphatic heterocycles. The molecule has 1 fully saturated rings. The lowest BCUT2D eigenvalue weighted by molar-refractivity contribution is 1.06. The maximum atomic E-state index is 4.58. The molecule has 2 heterocycles. The lowest BCUT2D eigenvalue weighted by Gasteiger charge is -2.11. The van der Waals surface area contributed by atoms with Crippen molar-refractivity contribution in [2.45, 2.75) is 25.7 Å². The van der Waals surface area contributed by atoms with Crippen LogP contribution in [-0.4, -0.2) is 20.2 Å². The number of aromatic nitrogens is 4. The van der Waals surface area contributed by atoms with E-state index >= 15 is 0 Å². The van der Waals surface area contributed by atoms with Crippen molar-refractivity contribution in [2.24, 2.45) is 0 Å². The van der Waals surface area contributed by atoms with E-state index in [0.29, 0.717) is 5.92 Å². The van der Waals surface area contributed by atoms with Crippen LogP contribution in [0.3, 0.4) is 0 Å².